The highest BCUT2D eigenvalue weighted by Gasteiger charge is 2.37. The number of pyridine rings is 3. The first-order chi connectivity index (χ1) is 61.4. The molecule has 0 radical (unpaired) electrons. The number of aliphatic carboxylic acids is 1. The van der Waals surface area contributed by atoms with Gasteiger partial charge in [-0.3, -0.25) is 53.1 Å². The summed E-state index contributed by atoms with van der Waals surface area (Å²) < 4.78 is 130. The fourth-order valence-corrected chi connectivity index (χ4v) is 19.0. The molecule has 16 rings (SSSR count). The Hall–Kier alpha value is -11.5. The van der Waals surface area contributed by atoms with E-state index in [0.717, 1.165) is 139 Å². The number of carbonyl (C=O) groups is 8. The Bertz CT molecular complexity index is 5610. The molecule has 6 aromatic carbocycles. The SMILES string of the molecule is C[C@H](NC(=O)c1c(CN2CCN(CC(=O)N3CCN(C)CC3)C(=O)C2)c(-c2cc(F)cc(F)c2)nc2ccc(F)cc12)C1CCCCC1.C[C@H](NC(=O)c1c(CN2CCN(CC(=O)O)C(=O)C2)c(-c2cc(F)cc(F)c2)nc2ccc(F)cc12)C1CCCCC1.C[C@H](NC(=O)c1c(CN2CCNC(=O)C2)c(-c2cc(F)cc(F)c2)nc2ccc(F)cc12)C1CCCCC1. The maximum Gasteiger partial charge on any atom is 0.323 e. The summed E-state index contributed by atoms with van der Waals surface area (Å²) in [7, 11) is 2.01. The van der Waals surface area contributed by atoms with Gasteiger partial charge < -0.3 is 46.0 Å². The van der Waals surface area contributed by atoms with Crippen molar-refractivity contribution in [3.63, 3.8) is 0 Å². The number of nitrogens with one attached hydrogen (secondary N) is 4. The summed E-state index contributed by atoms with van der Waals surface area (Å²) in [5.74, 6) is -8.85. The summed E-state index contributed by atoms with van der Waals surface area (Å²) in [6.07, 6.45) is 16.1. The van der Waals surface area contributed by atoms with Crippen LogP contribution >= 0.6 is 0 Å². The smallest absolute Gasteiger partial charge is 0.323 e. The summed E-state index contributed by atoms with van der Waals surface area (Å²) in [4.78, 5) is 131. The topological polar surface area (TPSA) is 266 Å². The predicted molar refractivity (Wildman–Crippen MR) is 465 cm³/mol. The highest BCUT2D eigenvalue weighted by Crippen LogP contribution is 2.40. The molecule has 9 aromatic rings. The molecule has 23 nitrogen and oxygen atoms in total. The zero-order valence-electron chi connectivity index (χ0n) is 72.3. The average Bonchev–Trinajstić information content (AvgIpc) is 0.761. The second-order valence-electron chi connectivity index (χ2n) is 35.1. The van der Waals surface area contributed by atoms with Gasteiger partial charge in [-0.25, -0.2) is 54.5 Å². The largest absolute Gasteiger partial charge is 0.480 e. The zero-order valence-corrected chi connectivity index (χ0v) is 72.3. The number of benzene rings is 6. The Morgan fingerprint density at radius 1 is 0.398 bits per heavy atom. The van der Waals surface area contributed by atoms with Crippen LogP contribution in [0.5, 0.6) is 0 Å². The predicted octanol–water partition coefficient (Wildman–Crippen LogP) is 14.1. The summed E-state index contributed by atoms with van der Waals surface area (Å²) in [5.41, 5.74) is 3.41. The van der Waals surface area contributed by atoms with E-state index in [2.05, 4.69) is 36.1 Å². The van der Waals surface area contributed by atoms with Crippen molar-refractivity contribution >= 4 is 80.0 Å². The lowest BCUT2D eigenvalue weighted by Gasteiger charge is -2.37. The molecule has 7 fully saturated rings. The molecule has 3 aliphatic carbocycles. The molecular weight excluding hydrogens is 1660 g/mol. The molecule has 0 spiro atoms. The van der Waals surface area contributed by atoms with Gasteiger partial charge in [-0.2, -0.15) is 0 Å². The lowest BCUT2D eigenvalue weighted by Crippen LogP contribution is -2.55. The summed E-state index contributed by atoms with van der Waals surface area (Å²) in [6, 6.07) is 20.5. The Balaban J connectivity index is 0.000000156. The van der Waals surface area contributed by atoms with Crippen LogP contribution < -0.4 is 21.3 Å². The quantitative estimate of drug-likeness (QED) is 0.0395. The maximum absolute atomic E-state index is 14.8. The van der Waals surface area contributed by atoms with Gasteiger partial charge in [0, 0.05) is 171 Å². The molecule has 3 aromatic heterocycles. The number of hydrogen-bond donors (Lipinski definition) is 5. The van der Waals surface area contributed by atoms with Gasteiger partial charge in [0.25, 0.3) is 17.7 Å². The van der Waals surface area contributed by atoms with E-state index in [0.29, 0.717) is 77.7 Å². The number of nitrogens with zero attached hydrogens (tertiary/aromatic N) is 10. The van der Waals surface area contributed by atoms with Gasteiger partial charge in [-0.05, 0) is 175 Å². The molecule has 7 heterocycles. The van der Waals surface area contributed by atoms with Crippen molar-refractivity contribution in [2.45, 2.75) is 155 Å². The number of carboxylic acids is 1. The number of piperazine rings is 4. The third kappa shape index (κ3) is 23.0. The number of likely N-dealkylation sites (N-methyl/N-ethyl adjacent to an activating group) is 1. The molecule has 4 saturated heterocycles. The molecule has 7 aliphatic rings. The van der Waals surface area contributed by atoms with E-state index in [9.17, 15) is 77.9 Å². The Morgan fingerprint density at radius 2 is 0.719 bits per heavy atom. The highest BCUT2D eigenvalue weighted by molar-refractivity contribution is 6.11. The van der Waals surface area contributed by atoms with Crippen LogP contribution in [0.3, 0.4) is 0 Å². The minimum atomic E-state index is -1.13. The van der Waals surface area contributed by atoms with Crippen molar-refractivity contribution in [1.29, 1.82) is 0 Å². The molecule has 5 N–H and O–H groups in total. The normalized spacial score (nSPS) is 18.2. The zero-order chi connectivity index (χ0) is 90.7. The number of hydrogen-bond acceptors (Lipinski definition) is 15. The van der Waals surface area contributed by atoms with Crippen LogP contribution in [-0.4, -0.2) is 225 Å². The first-order valence-corrected chi connectivity index (χ1v) is 44.3. The van der Waals surface area contributed by atoms with E-state index < -0.39 is 88.5 Å². The van der Waals surface area contributed by atoms with Crippen LogP contribution in [0.4, 0.5) is 39.5 Å². The van der Waals surface area contributed by atoms with Crippen LogP contribution in [0.15, 0.2) is 109 Å². The number of rotatable bonds is 22. The van der Waals surface area contributed by atoms with Gasteiger partial charge in [0.2, 0.25) is 23.6 Å². The molecule has 0 bridgehead atoms. The van der Waals surface area contributed by atoms with Crippen molar-refractivity contribution < 1.29 is 83.0 Å². The second kappa shape index (κ2) is 41.7. The number of aromatic nitrogens is 3. The molecule has 128 heavy (non-hydrogen) atoms. The molecule has 32 heteroatoms. The number of halogens is 9. The maximum atomic E-state index is 14.8. The fraction of sp³-hybridized carbons (Fsp3) is 0.448. The van der Waals surface area contributed by atoms with Crippen molar-refractivity contribution in [3.8, 4) is 33.8 Å². The third-order valence-electron chi connectivity index (χ3n) is 25.9. The van der Waals surface area contributed by atoms with E-state index in [1.54, 1.807) is 14.7 Å². The lowest BCUT2D eigenvalue weighted by molar-refractivity contribution is -0.147. The third-order valence-corrected chi connectivity index (χ3v) is 25.9. The first kappa shape index (κ1) is 92.7. The number of carbonyl (C=O) groups excluding carboxylic acids is 7. The van der Waals surface area contributed by atoms with Gasteiger partial charge in [0.05, 0.1) is 76.5 Å². The van der Waals surface area contributed by atoms with Crippen LogP contribution in [-0.2, 0) is 43.6 Å². The number of fused-ring (bicyclic) bond motifs is 3. The van der Waals surface area contributed by atoms with E-state index >= 15 is 0 Å². The van der Waals surface area contributed by atoms with Gasteiger partial charge in [-0.1, -0.05) is 57.8 Å². The Morgan fingerprint density at radius 3 is 1.03 bits per heavy atom. The minimum absolute atomic E-state index is 0.00623. The van der Waals surface area contributed by atoms with E-state index in [4.69, 9.17) is 10.1 Å². The standard InChI is InChI=1S/C36H43F3N6O3.C31H33F3N4O4.C29H31F3N4O2/c1-23(24-6-4-3-5-7-24)40-36(48)34-29-19-26(37)8-9-31(29)41-35(25-16-27(38)18-28(39)17-25)30(34)20-43-12-15-45(32(46)21-43)22-33(47)44-13-10-42(2)11-14-44;1-18(19-5-3-2-4-6-19)35-31(42)29-24-14-21(32)7-8-26(24)36-30(20-11-22(33)13-23(34)12-20)25(29)15-37-9-10-38(17-28(40)41)27(39)16-37;1-17(18-5-3-2-4-6-18)34-29(38)27-23-14-20(30)7-8-25(23)35-28(19-11-21(31)13-22(32)12-19)24(27)15-36-10-9-33-26(37)16-36/h8-9,16-19,23-24H,3-7,10-15,20-22H2,1-2H3,(H,40,48);7-8,11-14,18-19H,2-6,9-10,15-17H2,1H3,(H,35,42)(H,40,41);7-8,11-14,17-18H,2-6,9-10,15-16H2,1H3,(H,33,37)(H,34,38)/t23-;18-;17-/m000/s1. The molecule has 678 valence electrons. The molecule has 7 amide bonds. The van der Waals surface area contributed by atoms with Crippen LogP contribution in [0.1, 0.15) is 165 Å². The average molecular weight is 1770 g/mol. The van der Waals surface area contributed by atoms with Gasteiger partial charge >= 0.3 is 5.97 Å². The highest BCUT2D eigenvalue weighted by atomic mass is 19.2. The molecule has 3 saturated carbocycles. The fourth-order valence-electron chi connectivity index (χ4n) is 19.0. The summed E-state index contributed by atoms with van der Waals surface area (Å²) in [5, 5.41) is 22.1. The van der Waals surface area contributed by atoms with Crippen LogP contribution in [0, 0.1) is 70.1 Å². The van der Waals surface area contributed by atoms with E-state index in [1.807, 2.05) is 37.6 Å². The van der Waals surface area contributed by atoms with Gasteiger partial charge in [0.15, 0.2) is 0 Å². The molecule has 3 atom stereocenters. The Labute approximate surface area is 736 Å². The second-order valence-corrected chi connectivity index (χ2v) is 35.1. The molecule has 0 unspecified atom stereocenters. The lowest BCUT2D eigenvalue weighted by atomic mass is 9.84. The van der Waals surface area contributed by atoms with Crippen molar-refractivity contribution in [2.24, 2.45) is 17.8 Å². The Kier molecular flexibility index (Phi) is 30.2. The van der Waals surface area contributed by atoms with Crippen molar-refractivity contribution in [1.82, 2.24) is 70.5 Å². The van der Waals surface area contributed by atoms with Crippen LogP contribution in [0.25, 0.3) is 66.5 Å². The number of carboxylic acid groups (broad SMARTS) is 1. The minimum Gasteiger partial charge on any atom is -0.480 e. The van der Waals surface area contributed by atoms with Crippen molar-refractivity contribution in [3.05, 3.63) is 195 Å². The monoisotopic (exact) mass is 1770 g/mol. The summed E-state index contributed by atoms with van der Waals surface area (Å²) in [6.45, 7) is 10.4. The number of amides is 7. The van der Waals surface area contributed by atoms with Crippen molar-refractivity contribution in [2.75, 3.05) is 105 Å². The van der Waals surface area contributed by atoms with Crippen LogP contribution in [0.2, 0.25) is 0 Å². The van der Waals surface area contributed by atoms with E-state index in [1.165, 1.54) is 84.5 Å². The molecule has 4 aliphatic heterocycles. The van der Waals surface area contributed by atoms with Gasteiger partial charge in [0.1, 0.15) is 58.9 Å². The van der Waals surface area contributed by atoms with Gasteiger partial charge in [-0.15, -0.1) is 0 Å². The molecular formula is C96H107F9N14O9. The van der Waals surface area contributed by atoms with E-state index in [-0.39, 0.29) is 174 Å². The summed E-state index contributed by atoms with van der Waals surface area (Å²) >= 11 is 0. The first-order valence-electron chi connectivity index (χ1n) is 44.3.